The van der Waals surface area contributed by atoms with Gasteiger partial charge in [0.2, 0.25) is 5.91 Å². The molecule has 0 spiro atoms. The van der Waals surface area contributed by atoms with Crippen molar-refractivity contribution < 1.29 is 14.4 Å². The van der Waals surface area contributed by atoms with Crippen LogP contribution in [0.1, 0.15) is 55.5 Å². The number of hydrogen-bond donors (Lipinski definition) is 3. The van der Waals surface area contributed by atoms with Crippen LogP contribution in [0.25, 0.3) is 0 Å². The molecular weight excluding hydrogens is 368 g/mol. The first-order valence-corrected chi connectivity index (χ1v) is 10.6. The van der Waals surface area contributed by atoms with Crippen LogP contribution in [0.15, 0.2) is 24.3 Å². The van der Waals surface area contributed by atoms with E-state index in [0.29, 0.717) is 31.5 Å². The van der Waals surface area contributed by atoms with Crippen LogP contribution in [0, 0.1) is 12.8 Å². The van der Waals surface area contributed by atoms with Crippen molar-refractivity contribution in [1.82, 2.24) is 20.9 Å². The summed E-state index contributed by atoms with van der Waals surface area (Å²) in [5, 5.41) is 8.90. The Morgan fingerprint density at radius 3 is 2.14 bits per heavy atom. The van der Waals surface area contributed by atoms with E-state index in [2.05, 4.69) is 16.0 Å². The predicted molar refractivity (Wildman–Crippen MR) is 112 cm³/mol. The number of hydrogen-bond acceptors (Lipinski definition) is 3. The summed E-state index contributed by atoms with van der Waals surface area (Å²) in [6.45, 7) is 7.00. The van der Waals surface area contributed by atoms with Crippen molar-refractivity contribution in [3.63, 3.8) is 0 Å². The molecule has 3 rings (SSSR count). The fraction of sp³-hybridized carbons (Fsp3) is 0.591. The van der Waals surface area contributed by atoms with Crippen molar-refractivity contribution in [1.29, 1.82) is 0 Å². The highest BCUT2D eigenvalue weighted by Crippen LogP contribution is 2.24. The lowest BCUT2D eigenvalue weighted by Crippen LogP contribution is -2.55. The molecule has 1 saturated heterocycles. The van der Waals surface area contributed by atoms with Gasteiger partial charge in [-0.2, -0.15) is 0 Å². The molecule has 0 bridgehead atoms. The molecule has 158 valence electrons. The fourth-order valence-electron chi connectivity index (χ4n) is 3.62. The van der Waals surface area contributed by atoms with Crippen LogP contribution in [-0.2, 0) is 4.79 Å². The molecule has 0 radical (unpaired) electrons. The number of piperidine rings is 1. The molecule has 1 aliphatic carbocycles. The van der Waals surface area contributed by atoms with E-state index in [1.54, 1.807) is 17.0 Å². The van der Waals surface area contributed by atoms with Crippen molar-refractivity contribution in [2.45, 2.75) is 64.6 Å². The molecule has 1 atom stereocenters. The summed E-state index contributed by atoms with van der Waals surface area (Å²) in [6, 6.07) is 7.00. The van der Waals surface area contributed by atoms with E-state index in [-0.39, 0.29) is 35.8 Å². The standard InChI is InChI=1S/C22H32N4O3/c1-14(2)23-22(29)26-12-10-16(11-13-26)19(21(28)24-18-8-9-18)25-20(27)17-6-4-15(3)5-7-17/h4-7,14,16,18-19H,8-13H2,1-3H3,(H,23,29)(H,24,28)(H,25,27). The van der Waals surface area contributed by atoms with Gasteiger partial charge in [0, 0.05) is 30.7 Å². The highest BCUT2D eigenvalue weighted by molar-refractivity contribution is 5.97. The van der Waals surface area contributed by atoms with Crippen LogP contribution in [0.2, 0.25) is 0 Å². The monoisotopic (exact) mass is 400 g/mol. The number of urea groups is 1. The highest BCUT2D eigenvalue weighted by Gasteiger charge is 2.36. The van der Waals surface area contributed by atoms with Gasteiger partial charge >= 0.3 is 6.03 Å². The summed E-state index contributed by atoms with van der Waals surface area (Å²) in [7, 11) is 0. The minimum Gasteiger partial charge on any atom is -0.352 e. The highest BCUT2D eigenvalue weighted by atomic mass is 16.2. The molecule has 29 heavy (non-hydrogen) atoms. The van der Waals surface area contributed by atoms with Gasteiger partial charge in [-0.3, -0.25) is 9.59 Å². The number of amides is 4. The predicted octanol–water partition coefficient (Wildman–Crippen LogP) is 2.20. The van der Waals surface area contributed by atoms with Crippen LogP contribution >= 0.6 is 0 Å². The zero-order chi connectivity index (χ0) is 21.0. The molecule has 2 aliphatic rings. The number of nitrogens with zero attached hydrogens (tertiary/aromatic N) is 1. The lowest BCUT2D eigenvalue weighted by atomic mass is 9.88. The minimum atomic E-state index is -0.584. The first kappa shape index (κ1) is 21.1. The zero-order valence-corrected chi connectivity index (χ0v) is 17.5. The van der Waals surface area contributed by atoms with E-state index in [9.17, 15) is 14.4 Å². The number of rotatable bonds is 6. The summed E-state index contributed by atoms with van der Waals surface area (Å²) in [6.07, 6.45) is 3.36. The third-order valence-electron chi connectivity index (χ3n) is 5.52. The first-order valence-electron chi connectivity index (χ1n) is 10.6. The number of likely N-dealkylation sites (tertiary alicyclic amines) is 1. The molecule has 0 aromatic heterocycles. The Kier molecular flexibility index (Phi) is 6.77. The molecule has 1 aromatic carbocycles. The second-order valence-electron chi connectivity index (χ2n) is 8.53. The number of nitrogens with one attached hydrogen (secondary N) is 3. The summed E-state index contributed by atoms with van der Waals surface area (Å²) in [5.74, 6) is -0.342. The van der Waals surface area contributed by atoms with E-state index in [1.165, 1.54) is 0 Å². The van der Waals surface area contributed by atoms with Gasteiger partial charge in [0.05, 0.1) is 0 Å². The topological polar surface area (TPSA) is 90.5 Å². The summed E-state index contributed by atoms with van der Waals surface area (Å²) >= 11 is 0. The molecule has 7 nitrogen and oxygen atoms in total. The smallest absolute Gasteiger partial charge is 0.317 e. The maximum atomic E-state index is 12.9. The molecule has 4 amide bonds. The molecule has 1 unspecified atom stereocenters. The SMILES string of the molecule is Cc1ccc(C(=O)NC(C(=O)NC2CC2)C2CCN(C(=O)NC(C)C)CC2)cc1. The van der Waals surface area contributed by atoms with Gasteiger partial charge in [0.15, 0.2) is 0 Å². The van der Waals surface area contributed by atoms with Gasteiger partial charge in [0.25, 0.3) is 5.91 Å². The van der Waals surface area contributed by atoms with Crippen LogP contribution in [0.3, 0.4) is 0 Å². The van der Waals surface area contributed by atoms with Gasteiger partial charge in [-0.1, -0.05) is 17.7 Å². The molecular formula is C22H32N4O3. The van der Waals surface area contributed by atoms with Crippen molar-refractivity contribution in [2.24, 2.45) is 5.92 Å². The molecule has 2 fully saturated rings. The average Bonchev–Trinajstić information content (AvgIpc) is 3.50. The number of benzene rings is 1. The molecule has 1 heterocycles. The van der Waals surface area contributed by atoms with E-state index in [0.717, 1.165) is 18.4 Å². The Hall–Kier alpha value is -2.57. The van der Waals surface area contributed by atoms with Crippen LogP contribution < -0.4 is 16.0 Å². The number of carbonyl (C=O) groups excluding carboxylic acids is 3. The van der Waals surface area contributed by atoms with Gasteiger partial charge < -0.3 is 20.9 Å². The second-order valence-corrected chi connectivity index (χ2v) is 8.53. The molecule has 1 saturated carbocycles. The van der Waals surface area contributed by atoms with E-state index >= 15 is 0 Å². The quantitative estimate of drug-likeness (QED) is 0.684. The average molecular weight is 401 g/mol. The summed E-state index contributed by atoms with van der Waals surface area (Å²) < 4.78 is 0. The Balaban J connectivity index is 1.64. The Morgan fingerprint density at radius 1 is 0.966 bits per heavy atom. The van der Waals surface area contributed by atoms with Gasteiger partial charge in [-0.05, 0) is 64.5 Å². The third kappa shape index (κ3) is 5.95. The third-order valence-corrected chi connectivity index (χ3v) is 5.52. The minimum absolute atomic E-state index is 0.00579. The second kappa shape index (κ2) is 9.29. The lowest BCUT2D eigenvalue weighted by molar-refractivity contribution is -0.124. The Morgan fingerprint density at radius 2 is 1.59 bits per heavy atom. The van der Waals surface area contributed by atoms with E-state index in [4.69, 9.17) is 0 Å². The maximum Gasteiger partial charge on any atom is 0.317 e. The van der Waals surface area contributed by atoms with Gasteiger partial charge in [-0.15, -0.1) is 0 Å². The fourth-order valence-corrected chi connectivity index (χ4v) is 3.62. The number of aryl methyl sites for hydroxylation is 1. The maximum absolute atomic E-state index is 12.9. The Bertz CT molecular complexity index is 735. The number of carbonyl (C=O) groups is 3. The van der Waals surface area contributed by atoms with Gasteiger partial charge in [-0.25, -0.2) is 4.79 Å². The Labute approximate surface area is 172 Å². The summed E-state index contributed by atoms with van der Waals surface area (Å²) in [5.41, 5.74) is 1.63. The summed E-state index contributed by atoms with van der Waals surface area (Å²) in [4.78, 5) is 39.6. The van der Waals surface area contributed by atoms with Gasteiger partial charge in [0.1, 0.15) is 6.04 Å². The van der Waals surface area contributed by atoms with Crippen molar-refractivity contribution in [2.75, 3.05) is 13.1 Å². The van der Waals surface area contributed by atoms with Crippen molar-refractivity contribution in [3.05, 3.63) is 35.4 Å². The largest absolute Gasteiger partial charge is 0.352 e. The zero-order valence-electron chi connectivity index (χ0n) is 17.5. The van der Waals surface area contributed by atoms with Crippen LogP contribution in [-0.4, -0.2) is 54.0 Å². The van der Waals surface area contributed by atoms with Crippen LogP contribution in [0.4, 0.5) is 4.79 Å². The lowest BCUT2D eigenvalue weighted by Gasteiger charge is -2.36. The molecule has 1 aliphatic heterocycles. The first-order chi connectivity index (χ1) is 13.8. The van der Waals surface area contributed by atoms with E-state index < -0.39 is 6.04 Å². The van der Waals surface area contributed by atoms with Crippen molar-refractivity contribution in [3.8, 4) is 0 Å². The van der Waals surface area contributed by atoms with Crippen molar-refractivity contribution >= 4 is 17.8 Å². The normalized spacial score (nSPS) is 18.3. The van der Waals surface area contributed by atoms with Crippen LogP contribution in [0.5, 0.6) is 0 Å². The molecule has 1 aromatic rings. The molecule has 3 N–H and O–H groups in total. The molecule has 7 heteroatoms. The van der Waals surface area contributed by atoms with E-state index in [1.807, 2.05) is 32.9 Å².